The van der Waals surface area contributed by atoms with Gasteiger partial charge in [-0.1, -0.05) is 66.7 Å². The summed E-state index contributed by atoms with van der Waals surface area (Å²) in [6.45, 7) is 5.99. The second-order valence-electron chi connectivity index (χ2n) is 9.63. The molecule has 2 aromatic carbocycles. The fraction of sp³-hybridized carbons (Fsp3) is 0.226. The molecule has 1 saturated heterocycles. The molecule has 0 saturated carbocycles. The summed E-state index contributed by atoms with van der Waals surface area (Å²) >= 11 is 0. The number of aryl methyl sites for hydroxylation is 1. The first-order valence-electron chi connectivity index (χ1n) is 13.0. The number of anilines is 1. The van der Waals surface area contributed by atoms with Crippen LogP contribution in [-0.4, -0.2) is 46.4 Å². The number of nitrogens with zero attached hydrogens (tertiary/aromatic N) is 5. The molecule has 39 heavy (non-hydrogen) atoms. The van der Waals surface area contributed by atoms with Crippen molar-refractivity contribution in [2.24, 2.45) is 0 Å². The molecule has 4 aromatic rings. The highest BCUT2D eigenvalue weighted by atomic mass is 16.1. The minimum Gasteiger partial charge on any atom is -0.353 e. The van der Waals surface area contributed by atoms with Gasteiger partial charge in [0.05, 0.1) is 5.56 Å². The van der Waals surface area contributed by atoms with Crippen molar-refractivity contribution in [2.75, 3.05) is 31.1 Å². The van der Waals surface area contributed by atoms with Crippen LogP contribution in [0.4, 0.5) is 5.82 Å². The van der Waals surface area contributed by atoms with Crippen molar-refractivity contribution in [1.29, 1.82) is 5.26 Å². The SMILES string of the molecule is Cc1cccn2c(=O)c(C=C(C#N)C(=O)NCc3ccccc3)c(N3CCN(Cc4ccccc4)CC3)nc12. The number of pyridine rings is 1. The Hall–Kier alpha value is -4.74. The molecule has 0 bridgehead atoms. The average Bonchev–Trinajstić information content (AvgIpc) is 2.97. The third kappa shape index (κ3) is 5.89. The summed E-state index contributed by atoms with van der Waals surface area (Å²) in [6, 6.07) is 25.5. The van der Waals surface area contributed by atoms with Crippen molar-refractivity contribution in [3.63, 3.8) is 0 Å². The van der Waals surface area contributed by atoms with Gasteiger partial charge in [0.25, 0.3) is 11.5 Å². The van der Waals surface area contributed by atoms with Crippen LogP contribution in [-0.2, 0) is 17.9 Å². The third-order valence-corrected chi connectivity index (χ3v) is 6.93. The number of hydrogen-bond acceptors (Lipinski definition) is 6. The van der Waals surface area contributed by atoms with Crippen LogP contribution in [0.25, 0.3) is 11.7 Å². The van der Waals surface area contributed by atoms with Crippen LogP contribution in [0.15, 0.2) is 89.4 Å². The van der Waals surface area contributed by atoms with Crippen LogP contribution >= 0.6 is 0 Å². The molecule has 0 atom stereocenters. The Balaban J connectivity index is 1.45. The average molecular weight is 519 g/mol. The van der Waals surface area contributed by atoms with E-state index in [2.05, 4.69) is 27.2 Å². The molecule has 0 aliphatic carbocycles. The maximum Gasteiger partial charge on any atom is 0.267 e. The lowest BCUT2D eigenvalue weighted by atomic mass is 10.1. The van der Waals surface area contributed by atoms with E-state index in [4.69, 9.17) is 4.98 Å². The molecule has 5 rings (SSSR count). The quantitative estimate of drug-likeness (QED) is 0.297. The van der Waals surface area contributed by atoms with Gasteiger partial charge in [-0.15, -0.1) is 0 Å². The van der Waals surface area contributed by atoms with Gasteiger partial charge in [0.2, 0.25) is 0 Å². The minimum atomic E-state index is -0.534. The Morgan fingerprint density at radius 1 is 0.974 bits per heavy atom. The number of aromatic nitrogens is 2. The second-order valence-corrected chi connectivity index (χ2v) is 9.63. The van der Waals surface area contributed by atoms with Crippen molar-refractivity contribution in [3.8, 4) is 6.07 Å². The Kier molecular flexibility index (Phi) is 7.80. The Labute approximate surface area is 227 Å². The molecule has 1 aliphatic heterocycles. The molecule has 1 N–H and O–H groups in total. The van der Waals surface area contributed by atoms with E-state index in [0.717, 1.165) is 30.8 Å². The summed E-state index contributed by atoms with van der Waals surface area (Å²) in [4.78, 5) is 36.0. The van der Waals surface area contributed by atoms with Crippen molar-refractivity contribution < 1.29 is 4.79 Å². The number of nitrogens with one attached hydrogen (secondary N) is 1. The van der Waals surface area contributed by atoms with Gasteiger partial charge in [0.15, 0.2) is 0 Å². The van der Waals surface area contributed by atoms with E-state index in [1.54, 1.807) is 12.3 Å². The monoisotopic (exact) mass is 518 g/mol. The van der Waals surface area contributed by atoms with Crippen LogP contribution in [0.1, 0.15) is 22.3 Å². The number of amides is 1. The lowest BCUT2D eigenvalue weighted by molar-refractivity contribution is -0.117. The van der Waals surface area contributed by atoms with Crippen LogP contribution in [0.2, 0.25) is 0 Å². The largest absolute Gasteiger partial charge is 0.353 e. The maximum atomic E-state index is 13.7. The molecule has 3 heterocycles. The van der Waals surface area contributed by atoms with Gasteiger partial charge in [0.1, 0.15) is 23.1 Å². The van der Waals surface area contributed by atoms with Crippen LogP contribution in [0.5, 0.6) is 0 Å². The van der Waals surface area contributed by atoms with Gasteiger partial charge in [-0.05, 0) is 35.8 Å². The molecule has 2 aromatic heterocycles. The molecule has 1 aliphatic rings. The molecular formula is C31H30N6O2. The highest BCUT2D eigenvalue weighted by Gasteiger charge is 2.24. The van der Waals surface area contributed by atoms with E-state index in [1.807, 2.05) is 67.6 Å². The van der Waals surface area contributed by atoms with Gasteiger partial charge in [-0.2, -0.15) is 5.26 Å². The van der Waals surface area contributed by atoms with Gasteiger partial charge in [-0.3, -0.25) is 18.9 Å². The van der Waals surface area contributed by atoms with Gasteiger partial charge >= 0.3 is 0 Å². The zero-order valence-electron chi connectivity index (χ0n) is 21.9. The topological polar surface area (TPSA) is 93.7 Å². The molecule has 0 radical (unpaired) electrons. The number of nitriles is 1. The van der Waals surface area contributed by atoms with Gasteiger partial charge < -0.3 is 10.2 Å². The molecule has 196 valence electrons. The molecule has 0 spiro atoms. The molecule has 8 nitrogen and oxygen atoms in total. The highest BCUT2D eigenvalue weighted by molar-refractivity contribution is 6.02. The van der Waals surface area contributed by atoms with E-state index < -0.39 is 5.91 Å². The Bertz CT molecular complexity index is 1600. The van der Waals surface area contributed by atoms with Crippen molar-refractivity contribution in [2.45, 2.75) is 20.0 Å². The minimum absolute atomic E-state index is 0.138. The number of fused-ring (bicyclic) bond motifs is 1. The normalized spacial score (nSPS) is 14.3. The highest BCUT2D eigenvalue weighted by Crippen LogP contribution is 2.22. The molecule has 8 heteroatoms. The summed E-state index contributed by atoms with van der Waals surface area (Å²) in [5.41, 5.74) is 3.40. The van der Waals surface area contributed by atoms with E-state index in [-0.39, 0.29) is 23.2 Å². The summed E-state index contributed by atoms with van der Waals surface area (Å²) in [7, 11) is 0. The molecule has 1 fully saturated rings. The Morgan fingerprint density at radius 3 is 2.31 bits per heavy atom. The van der Waals surface area contributed by atoms with Gasteiger partial charge in [-0.25, -0.2) is 4.98 Å². The first kappa shape index (κ1) is 25.9. The van der Waals surface area contributed by atoms with E-state index in [9.17, 15) is 14.9 Å². The first-order chi connectivity index (χ1) is 19.0. The third-order valence-electron chi connectivity index (χ3n) is 6.93. The summed E-state index contributed by atoms with van der Waals surface area (Å²) in [5, 5.41) is 12.6. The molecule has 0 unspecified atom stereocenters. The summed E-state index contributed by atoms with van der Waals surface area (Å²) in [5.74, 6) is -0.0361. The zero-order chi connectivity index (χ0) is 27.2. The standard InChI is InChI=1S/C31H30N6O2/c1-23-9-8-14-37-28(23)34-29(36-17-15-35(16-18-36)22-25-12-6-3-7-13-25)27(31(37)39)19-26(20-32)30(38)33-21-24-10-4-2-5-11-24/h2-14,19H,15-18,21-22H2,1H3,(H,33,38). The first-order valence-corrected chi connectivity index (χ1v) is 13.0. The van der Waals surface area contributed by atoms with Crippen LogP contribution in [0.3, 0.4) is 0 Å². The Morgan fingerprint density at radius 2 is 1.64 bits per heavy atom. The van der Waals surface area contributed by atoms with Crippen LogP contribution in [0, 0.1) is 18.3 Å². The summed E-state index contributed by atoms with van der Waals surface area (Å²) < 4.78 is 1.48. The van der Waals surface area contributed by atoms with E-state index in [1.165, 1.54) is 16.0 Å². The van der Waals surface area contributed by atoms with E-state index >= 15 is 0 Å². The molecular weight excluding hydrogens is 488 g/mol. The lowest BCUT2D eigenvalue weighted by Gasteiger charge is -2.36. The van der Waals surface area contributed by atoms with Crippen molar-refractivity contribution in [1.82, 2.24) is 19.6 Å². The van der Waals surface area contributed by atoms with Gasteiger partial charge in [0, 0.05) is 45.5 Å². The molecule has 1 amide bonds. The fourth-order valence-electron chi connectivity index (χ4n) is 4.79. The smallest absolute Gasteiger partial charge is 0.267 e. The van der Waals surface area contributed by atoms with Crippen LogP contribution < -0.4 is 15.8 Å². The number of carbonyl (C=O) groups is 1. The van der Waals surface area contributed by atoms with E-state index in [0.29, 0.717) is 24.6 Å². The maximum absolute atomic E-state index is 13.7. The lowest BCUT2D eigenvalue weighted by Crippen LogP contribution is -2.47. The number of benzene rings is 2. The fourth-order valence-corrected chi connectivity index (χ4v) is 4.79. The van der Waals surface area contributed by atoms with Crippen molar-refractivity contribution in [3.05, 3.63) is 117 Å². The second kappa shape index (κ2) is 11.8. The number of rotatable bonds is 7. The van der Waals surface area contributed by atoms with Crippen molar-refractivity contribution >= 4 is 23.4 Å². The zero-order valence-corrected chi connectivity index (χ0v) is 21.9. The number of hydrogen-bond donors (Lipinski definition) is 1. The summed E-state index contributed by atoms with van der Waals surface area (Å²) in [6.07, 6.45) is 3.05. The predicted octanol–water partition coefficient (Wildman–Crippen LogP) is 3.55. The predicted molar refractivity (Wildman–Crippen MR) is 152 cm³/mol. The number of carbonyl (C=O) groups excluding carboxylic acids is 1. The number of piperazine rings is 1.